The van der Waals surface area contributed by atoms with E-state index in [-0.39, 0.29) is 0 Å². The van der Waals surface area contributed by atoms with Crippen LogP contribution in [0.25, 0.3) is 0 Å². The van der Waals surface area contributed by atoms with Crippen molar-refractivity contribution in [2.75, 3.05) is 19.6 Å². The molecule has 120 valence electrons. The zero-order chi connectivity index (χ0) is 15.0. The van der Waals surface area contributed by atoms with Crippen LogP contribution in [-0.2, 0) is 0 Å². The molecule has 1 saturated carbocycles. The summed E-state index contributed by atoms with van der Waals surface area (Å²) in [5, 5.41) is 3.76. The Hall–Kier alpha value is -0.0800. The van der Waals surface area contributed by atoms with Gasteiger partial charge in [-0.25, -0.2) is 0 Å². The molecule has 1 rings (SSSR count). The summed E-state index contributed by atoms with van der Waals surface area (Å²) in [6.07, 6.45) is 8.33. The summed E-state index contributed by atoms with van der Waals surface area (Å²) in [5.74, 6) is 1.84. The quantitative estimate of drug-likeness (QED) is 0.678. The lowest BCUT2D eigenvalue weighted by atomic mass is 9.76. The normalized spacial score (nSPS) is 28.8. The minimum atomic E-state index is 0.730. The van der Waals surface area contributed by atoms with E-state index in [1.165, 1.54) is 51.6 Å². The van der Waals surface area contributed by atoms with Crippen molar-refractivity contribution < 1.29 is 0 Å². The highest BCUT2D eigenvalue weighted by Gasteiger charge is 2.31. The molecule has 2 heteroatoms. The minimum absolute atomic E-state index is 0.730. The van der Waals surface area contributed by atoms with E-state index in [0.717, 1.165) is 30.5 Å². The molecule has 1 aliphatic carbocycles. The molecule has 0 amide bonds. The molecule has 1 fully saturated rings. The second-order valence-corrected chi connectivity index (χ2v) is 6.74. The monoisotopic (exact) mass is 282 g/mol. The number of nitrogens with one attached hydrogen (secondary N) is 1. The topological polar surface area (TPSA) is 15.3 Å². The molecule has 0 bridgehead atoms. The van der Waals surface area contributed by atoms with E-state index in [1.54, 1.807) is 0 Å². The van der Waals surface area contributed by atoms with Gasteiger partial charge in [0.1, 0.15) is 0 Å². The SMILES string of the molecule is CCCC1CCC(NCC)C(CN(CC)C(C)CC)C1. The van der Waals surface area contributed by atoms with Gasteiger partial charge < -0.3 is 10.2 Å². The number of hydrogen-bond acceptors (Lipinski definition) is 2. The number of nitrogens with zero attached hydrogens (tertiary/aromatic N) is 1. The van der Waals surface area contributed by atoms with Gasteiger partial charge >= 0.3 is 0 Å². The largest absolute Gasteiger partial charge is 0.314 e. The Morgan fingerprint density at radius 2 is 1.90 bits per heavy atom. The molecule has 0 saturated heterocycles. The van der Waals surface area contributed by atoms with Crippen LogP contribution in [-0.4, -0.2) is 36.6 Å². The highest BCUT2D eigenvalue weighted by Crippen LogP contribution is 2.33. The van der Waals surface area contributed by atoms with Crippen LogP contribution in [0, 0.1) is 11.8 Å². The number of hydrogen-bond donors (Lipinski definition) is 1. The molecule has 4 atom stereocenters. The van der Waals surface area contributed by atoms with Crippen LogP contribution >= 0.6 is 0 Å². The first-order valence-electron chi connectivity index (χ1n) is 9.13. The van der Waals surface area contributed by atoms with Crippen molar-refractivity contribution in [3.8, 4) is 0 Å². The molecule has 20 heavy (non-hydrogen) atoms. The first-order chi connectivity index (χ1) is 9.65. The molecule has 1 N–H and O–H groups in total. The van der Waals surface area contributed by atoms with Gasteiger partial charge in [-0.15, -0.1) is 0 Å². The average Bonchev–Trinajstić information content (AvgIpc) is 2.46. The van der Waals surface area contributed by atoms with Crippen molar-refractivity contribution in [3.05, 3.63) is 0 Å². The zero-order valence-electron chi connectivity index (χ0n) is 14.6. The van der Waals surface area contributed by atoms with Crippen molar-refractivity contribution in [2.24, 2.45) is 11.8 Å². The van der Waals surface area contributed by atoms with Crippen LogP contribution in [0.1, 0.15) is 73.1 Å². The molecule has 2 nitrogen and oxygen atoms in total. The van der Waals surface area contributed by atoms with Gasteiger partial charge in [0.2, 0.25) is 0 Å². The fraction of sp³-hybridized carbons (Fsp3) is 1.00. The lowest BCUT2D eigenvalue weighted by molar-refractivity contribution is 0.115. The van der Waals surface area contributed by atoms with Crippen LogP contribution in [0.4, 0.5) is 0 Å². The molecule has 0 heterocycles. The fourth-order valence-electron chi connectivity index (χ4n) is 3.94. The maximum atomic E-state index is 3.76. The second kappa shape index (κ2) is 9.78. The van der Waals surface area contributed by atoms with Gasteiger partial charge in [0, 0.05) is 18.6 Å². The zero-order valence-corrected chi connectivity index (χ0v) is 14.6. The van der Waals surface area contributed by atoms with E-state index >= 15 is 0 Å². The van der Waals surface area contributed by atoms with Crippen LogP contribution in [0.15, 0.2) is 0 Å². The van der Waals surface area contributed by atoms with Crippen molar-refractivity contribution in [1.82, 2.24) is 10.2 Å². The second-order valence-electron chi connectivity index (χ2n) is 6.74. The van der Waals surface area contributed by atoms with Crippen LogP contribution in [0.3, 0.4) is 0 Å². The molecule has 0 radical (unpaired) electrons. The van der Waals surface area contributed by atoms with Gasteiger partial charge in [0.05, 0.1) is 0 Å². The van der Waals surface area contributed by atoms with Gasteiger partial charge in [-0.05, 0) is 57.5 Å². The third-order valence-electron chi connectivity index (χ3n) is 5.34. The molecule has 0 aromatic heterocycles. The van der Waals surface area contributed by atoms with Crippen LogP contribution in [0.2, 0.25) is 0 Å². The Kier molecular flexibility index (Phi) is 8.79. The molecular weight excluding hydrogens is 244 g/mol. The highest BCUT2D eigenvalue weighted by atomic mass is 15.1. The maximum absolute atomic E-state index is 3.76. The Labute approximate surface area is 127 Å². The van der Waals surface area contributed by atoms with E-state index in [0.29, 0.717) is 0 Å². The fourth-order valence-corrected chi connectivity index (χ4v) is 3.94. The molecule has 0 aliphatic heterocycles. The van der Waals surface area contributed by atoms with Gasteiger partial charge in [0.25, 0.3) is 0 Å². The first kappa shape index (κ1) is 18.0. The molecule has 0 spiro atoms. The lowest BCUT2D eigenvalue weighted by Crippen LogP contribution is -2.47. The minimum Gasteiger partial charge on any atom is -0.314 e. The van der Waals surface area contributed by atoms with E-state index in [2.05, 4.69) is 44.8 Å². The van der Waals surface area contributed by atoms with Gasteiger partial charge in [-0.3, -0.25) is 0 Å². The summed E-state index contributed by atoms with van der Waals surface area (Å²) in [6, 6.07) is 1.49. The summed E-state index contributed by atoms with van der Waals surface area (Å²) in [4.78, 5) is 2.70. The van der Waals surface area contributed by atoms with Crippen molar-refractivity contribution in [3.63, 3.8) is 0 Å². The number of rotatable bonds is 9. The van der Waals surface area contributed by atoms with Gasteiger partial charge in [-0.2, -0.15) is 0 Å². The average molecular weight is 283 g/mol. The third-order valence-corrected chi connectivity index (χ3v) is 5.34. The van der Waals surface area contributed by atoms with Crippen LogP contribution < -0.4 is 5.32 Å². The Bertz CT molecular complexity index is 242. The molecular formula is C18H38N2. The van der Waals surface area contributed by atoms with E-state index in [4.69, 9.17) is 0 Å². The smallest absolute Gasteiger partial charge is 0.0108 e. The molecule has 0 aromatic rings. The van der Waals surface area contributed by atoms with E-state index in [1.807, 2.05) is 0 Å². The maximum Gasteiger partial charge on any atom is 0.0108 e. The predicted molar refractivity (Wildman–Crippen MR) is 90.2 cm³/mol. The van der Waals surface area contributed by atoms with Crippen molar-refractivity contribution in [1.29, 1.82) is 0 Å². The first-order valence-corrected chi connectivity index (χ1v) is 9.13. The molecule has 0 aromatic carbocycles. The molecule has 4 unspecified atom stereocenters. The van der Waals surface area contributed by atoms with Gasteiger partial charge in [-0.1, -0.05) is 40.5 Å². The highest BCUT2D eigenvalue weighted by molar-refractivity contribution is 4.87. The van der Waals surface area contributed by atoms with Crippen LogP contribution in [0.5, 0.6) is 0 Å². The Morgan fingerprint density at radius 3 is 2.45 bits per heavy atom. The lowest BCUT2D eigenvalue weighted by Gasteiger charge is -2.40. The predicted octanol–water partition coefficient (Wildman–Crippen LogP) is 4.30. The summed E-state index contributed by atoms with van der Waals surface area (Å²) in [5.41, 5.74) is 0. The van der Waals surface area contributed by atoms with E-state index in [9.17, 15) is 0 Å². The molecule has 1 aliphatic rings. The van der Waals surface area contributed by atoms with Gasteiger partial charge in [0.15, 0.2) is 0 Å². The Balaban J connectivity index is 2.62. The third kappa shape index (κ3) is 5.37. The Morgan fingerprint density at radius 1 is 1.15 bits per heavy atom. The van der Waals surface area contributed by atoms with Crippen molar-refractivity contribution in [2.45, 2.75) is 85.2 Å². The van der Waals surface area contributed by atoms with E-state index < -0.39 is 0 Å². The summed E-state index contributed by atoms with van der Waals surface area (Å²) >= 11 is 0. The van der Waals surface area contributed by atoms with Crippen molar-refractivity contribution >= 4 is 0 Å². The summed E-state index contributed by atoms with van der Waals surface area (Å²) in [6.45, 7) is 15.2. The standard InChI is InChI=1S/C18H38N2/c1-6-10-16-11-12-18(19-8-3)17(13-16)14-20(9-4)15(5)7-2/h15-19H,6-14H2,1-5H3. The summed E-state index contributed by atoms with van der Waals surface area (Å²) in [7, 11) is 0. The summed E-state index contributed by atoms with van der Waals surface area (Å²) < 4.78 is 0.